The molecule has 0 saturated carbocycles. The van der Waals surface area contributed by atoms with Crippen molar-refractivity contribution in [2.75, 3.05) is 0 Å². The molecular formula is C32H26N2O4. The zero-order valence-electron chi connectivity index (χ0n) is 21.6. The van der Waals surface area contributed by atoms with Crippen LogP contribution in [0.15, 0.2) is 82.4 Å². The molecule has 38 heavy (non-hydrogen) atoms. The number of aromatic nitrogens is 2. The molecule has 0 bridgehead atoms. The van der Waals surface area contributed by atoms with Crippen molar-refractivity contribution >= 4 is 55.2 Å². The predicted molar refractivity (Wildman–Crippen MR) is 154 cm³/mol. The first-order valence-electron chi connectivity index (χ1n) is 12.8. The number of para-hydroxylation sites is 2. The fraction of sp³-hybridized carbons (Fsp3) is 0.125. The summed E-state index contributed by atoms with van der Waals surface area (Å²) >= 11 is 0. The van der Waals surface area contributed by atoms with Crippen LogP contribution in [0, 0.1) is 0 Å². The van der Waals surface area contributed by atoms with Crippen LogP contribution in [0.25, 0.3) is 43.6 Å². The Bertz CT molecular complexity index is 1900. The third-order valence-corrected chi connectivity index (χ3v) is 6.71. The molecule has 1 aliphatic rings. The molecule has 0 unspecified atom stereocenters. The summed E-state index contributed by atoms with van der Waals surface area (Å²) in [7, 11) is 0. The van der Waals surface area contributed by atoms with Gasteiger partial charge in [0, 0.05) is 43.7 Å². The summed E-state index contributed by atoms with van der Waals surface area (Å²) in [5, 5.41) is 1.73. The van der Waals surface area contributed by atoms with Crippen molar-refractivity contribution < 1.29 is 9.59 Å². The van der Waals surface area contributed by atoms with Gasteiger partial charge in [-0.05, 0) is 48.5 Å². The highest BCUT2D eigenvalue weighted by Gasteiger charge is 2.34. The number of H-pyrrole nitrogens is 2. The second-order valence-electron chi connectivity index (χ2n) is 8.48. The second-order valence-corrected chi connectivity index (χ2v) is 8.48. The summed E-state index contributed by atoms with van der Waals surface area (Å²) in [5.41, 5.74) is 2.24. The number of nitrogens with one attached hydrogen (secondary N) is 2. The lowest BCUT2D eigenvalue weighted by atomic mass is 9.81. The average molecular weight is 503 g/mol. The molecule has 2 aromatic heterocycles. The molecule has 188 valence electrons. The van der Waals surface area contributed by atoms with E-state index in [-0.39, 0.29) is 44.7 Å². The van der Waals surface area contributed by atoms with Crippen LogP contribution in [-0.2, 0) is 0 Å². The first-order chi connectivity index (χ1) is 18.5. The number of benzene rings is 4. The fourth-order valence-electron chi connectivity index (χ4n) is 5.10. The van der Waals surface area contributed by atoms with Crippen molar-refractivity contribution in [1.29, 1.82) is 0 Å². The standard InChI is InChI=1S/C28H14N2O4.2C2H6/c31-25-13-5-1-3-7-19(13)29-23-17(25)11-9-15-21(23)27(33)16-10-12-18-24(22(16)28(15)34)30-20-8-4-2-6-14(20)26(18)32;2*1-2/h1-12H,(H,29,31)(H,30,32);2*1-2H3. The van der Waals surface area contributed by atoms with Gasteiger partial charge in [0.15, 0.2) is 22.4 Å². The third kappa shape index (κ3) is 3.41. The van der Waals surface area contributed by atoms with Gasteiger partial charge in [0.05, 0.1) is 22.2 Å². The van der Waals surface area contributed by atoms with Crippen LogP contribution in [0.3, 0.4) is 0 Å². The molecule has 0 fully saturated rings. The van der Waals surface area contributed by atoms with Crippen LogP contribution in [0.2, 0.25) is 0 Å². The molecule has 2 heterocycles. The van der Waals surface area contributed by atoms with E-state index in [4.69, 9.17) is 0 Å². The van der Waals surface area contributed by atoms with E-state index >= 15 is 0 Å². The minimum atomic E-state index is -0.364. The Kier molecular flexibility index (Phi) is 6.25. The van der Waals surface area contributed by atoms with Crippen molar-refractivity contribution in [3.8, 4) is 0 Å². The number of rotatable bonds is 0. The third-order valence-electron chi connectivity index (χ3n) is 6.71. The molecule has 6 aromatic rings. The highest BCUT2D eigenvalue weighted by atomic mass is 16.1. The molecule has 0 saturated heterocycles. The summed E-state index contributed by atoms with van der Waals surface area (Å²) in [5.74, 6) is -0.728. The highest BCUT2D eigenvalue weighted by Crippen LogP contribution is 2.34. The fourth-order valence-corrected chi connectivity index (χ4v) is 5.10. The molecule has 1 aliphatic carbocycles. The Morgan fingerprint density at radius 3 is 1.21 bits per heavy atom. The Balaban J connectivity index is 0.000000704. The lowest BCUT2D eigenvalue weighted by molar-refractivity contribution is 0.0981. The van der Waals surface area contributed by atoms with Gasteiger partial charge in [-0.2, -0.15) is 0 Å². The summed E-state index contributed by atoms with van der Waals surface area (Å²) in [4.78, 5) is 60.1. The zero-order valence-corrected chi connectivity index (χ0v) is 21.6. The number of aromatic amines is 2. The Hall–Kier alpha value is -4.84. The number of hydrogen-bond donors (Lipinski definition) is 2. The lowest BCUT2D eigenvalue weighted by Crippen LogP contribution is -2.24. The minimum absolute atomic E-state index is 0.181. The molecule has 0 spiro atoms. The van der Waals surface area contributed by atoms with Crippen LogP contribution in [0.1, 0.15) is 59.5 Å². The van der Waals surface area contributed by atoms with Crippen LogP contribution in [-0.4, -0.2) is 21.5 Å². The number of pyridine rings is 2. The molecule has 0 radical (unpaired) electrons. The van der Waals surface area contributed by atoms with Crippen molar-refractivity contribution in [2.24, 2.45) is 0 Å². The van der Waals surface area contributed by atoms with Gasteiger partial charge >= 0.3 is 0 Å². The molecule has 0 atom stereocenters. The first kappa shape index (κ1) is 24.8. The maximum Gasteiger partial charge on any atom is 0.197 e. The Labute approximate surface area is 217 Å². The maximum absolute atomic E-state index is 13.7. The van der Waals surface area contributed by atoms with Gasteiger partial charge in [0.25, 0.3) is 0 Å². The monoisotopic (exact) mass is 502 g/mol. The Morgan fingerprint density at radius 2 is 0.816 bits per heavy atom. The van der Waals surface area contributed by atoms with Crippen LogP contribution in [0.5, 0.6) is 0 Å². The SMILES string of the molecule is CC.CC.O=C1c2ccc3c(=O)c4ccccc4[nH]c3c2C(=O)c2ccc3c(=O)c4ccccc4[nH]c3c21. The van der Waals surface area contributed by atoms with E-state index in [0.29, 0.717) is 43.6 Å². The number of carbonyl (C=O) groups is 2. The van der Waals surface area contributed by atoms with Gasteiger partial charge in [-0.15, -0.1) is 0 Å². The highest BCUT2D eigenvalue weighted by molar-refractivity contribution is 6.34. The van der Waals surface area contributed by atoms with Crippen molar-refractivity contribution in [3.63, 3.8) is 0 Å². The van der Waals surface area contributed by atoms with Crippen molar-refractivity contribution in [2.45, 2.75) is 27.7 Å². The number of ketones is 2. The van der Waals surface area contributed by atoms with Crippen molar-refractivity contribution in [3.05, 3.63) is 115 Å². The maximum atomic E-state index is 13.7. The van der Waals surface area contributed by atoms with Gasteiger partial charge in [-0.1, -0.05) is 52.0 Å². The largest absolute Gasteiger partial charge is 0.354 e. The van der Waals surface area contributed by atoms with E-state index in [1.54, 1.807) is 60.7 Å². The van der Waals surface area contributed by atoms with E-state index in [2.05, 4.69) is 9.97 Å². The minimum Gasteiger partial charge on any atom is -0.354 e. The van der Waals surface area contributed by atoms with Gasteiger partial charge < -0.3 is 9.97 Å². The molecule has 6 nitrogen and oxygen atoms in total. The van der Waals surface area contributed by atoms with Crippen molar-refractivity contribution in [1.82, 2.24) is 9.97 Å². The first-order valence-corrected chi connectivity index (χ1v) is 12.8. The molecular weight excluding hydrogens is 476 g/mol. The second kappa shape index (κ2) is 9.56. The molecule has 6 heteroatoms. The quantitative estimate of drug-likeness (QED) is 0.231. The van der Waals surface area contributed by atoms with E-state index in [9.17, 15) is 19.2 Å². The van der Waals surface area contributed by atoms with E-state index in [0.717, 1.165) is 0 Å². The van der Waals surface area contributed by atoms with Gasteiger partial charge in [-0.3, -0.25) is 19.2 Å². The van der Waals surface area contributed by atoms with Gasteiger partial charge in [-0.25, -0.2) is 0 Å². The smallest absolute Gasteiger partial charge is 0.197 e. The van der Waals surface area contributed by atoms with E-state index in [1.165, 1.54) is 12.1 Å². The topological polar surface area (TPSA) is 99.9 Å². The zero-order chi connectivity index (χ0) is 27.1. The summed E-state index contributed by atoms with van der Waals surface area (Å²) in [6.07, 6.45) is 0. The van der Waals surface area contributed by atoms with E-state index < -0.39 is 0 Å². The molecule has 7 rings (SSSR count). The lowest BCUT2D eigenvalue weighted by Gasteiger charge is -2.20. The van der Waals surface area contributed by atoms with Crippen LogP contribution >= 0.6 is 0 Å². The molecule has 4 aromatic carbocycles. The van der Waals surface area contributed by atoms with Crippen LogP contribution < -0.4 is 10.9 Å². The number of fused-ring (bicyclic) bond motifs is 8. The molecule has 2 N–H and O–H groups in total. The Morgan fingerprint density at radius 1 is 0.447 bits per heavy atom. The van der Waals surface area contributed by atoms with Crippen LogP contribution in [0.4, 0.5) is 0 Å². The number of hydrogen-bond acceptors (Lipinski definition) is 4. The molecule has 0 aliphatic heterocycles. The van der Waals surface area contributed by atoms with Gasteiger partial charge in [0.2, 0.25) is 0 Å². The summed E-state index contributed by atoms with van der Waals surface area (Å²) < 4.78 is 0. The van der Waals surface area contributed by atoms with Gasteiger partial charge in [0.1, 0.15) is 0 Å². The summed E-state index contributed by atoms with van der Waals surface area (Å²) in [6.45, 7) is 8.00. The molecule has 0 amide bonds. The number of carbonyl (C=O) groups excluding carboxylic acids is 2. The normalized spacial score (nSPS) is 12.0. The average Bonchev–Trinajstić information content (AvgIpc) is 2.97. The van der Waals surface area contributed by atoms with E-state index in [1.807, 2.05) is 27.7 Å². The predicted octanol–water partition coefficient (Wildman–Crippen LogP) is 6.50. The summed E-state index contributed by atoms with van der Waals surface area (Å²) in [6, 6.07) is 20.4.